The molecule has 3 atom stereocenters. The van der Waals surface area contributed by atoms with Crippen LogP contribution in [0.2, 0.25) is 0 Å². The van der Waals surface area contributed by atoms with Gasteiger partial charge in [0, 0.05) is 42.3 Å². The van der Waals surface area contributed by atoms with Crippen molar-refractivity contribution in [1.29, 1.82) is 0 Å². The Bertz CT molecular complexity index is 652. The SMILES string of the molecule is CC(CCC(C)(C)C1CCC2(CC1)CCN(C(C)(C)C)CC2)N1C2CCC1CN(C(C)(C)C)C2. The molecule has 34 heavy (non-hydrogen) atoms. The predicted octanol–water partition coefficient (Wildman–Crippen LogP) is 7.20. The van der Waals surface area contributed by atoms with Crippen LogP contribution in [0.15, 0.2) is 0 Å². The van der Waals surface area contributed by atoms with Gasteiger partial charge in [-0.25, -0.2) is 0 Å². The van der Waals surface area contributed by atoms with Crippen LogP contribution < -0.4 is 0 Å². The van der Waals surface area contributed by atoms with Crippen LogP contribution in [-0.2, 0) is 0 Å². The fourth-order valence-electron chi connectivity index (χ4n) is 8.30. The number of piperidine rings is 1. The molecule has 3 nitrogen and oxygen atoms in total. The van der Waals surface area contributed by atoms with E-state index in [1.54, 1.807) is 0 Å². The molecule has 3 saturated heterocycles. The Hall–Kier alpha value is -0.120. The van der Waals surface area contributed by atoms with Gasteiger partial charge < -0.3 is 0 Å². The Morgan fingerprint density at radius 2 is 1.21 bits per heavy atom. The second-order valence-electron chi connectivity index (χ2n) is 15.7. The molecular formula is C31H59N3. The lowest BCUT2D eigenvalue weighted by Gasteiger charge is -2.51. The maximum Gasteiger partial charge on any atom is 0.0230 e. The van der Waals surface area contributed by atoms with Crippen molar-refractivity contribution in [3.05, 3.63) is 0 Å². The molecule has 2 bridgehead atoms. The first-order valence-corrected chi connectivity index (χ1v) is 15.0. The zero-order valence-electron chi connectivity index (χ0n) is 24.6. The monoisotopic (exact) mass is 473 g/mol. The topological polar surface area (TPSA) is 9.72 Å². The summed E-state index contributed by atoms with van der Waals surface area (Å²) in [7, 11) is 0. The van der Waals surface area contributed by atoms with E-state index >= 15 is 0 Å². The van der Waals surface area contributed by atoms with E-state index in [0.717, 1.165) is 24.0 Å². The highest BCUT2D eigenvalue weighted by Gasteiger charge is 2.46. The third kappa shape index (κ3) is 5.72. The fourth-order valence-corrected chi connectivity index (χ4v) is 8.30. The molecule has 0 radical (unpaired) electrons. The van der Waals surface area contributed by atoms with E-state index in [0.29, 0.717) is 21.9 Å². The highest BCUT2D eigenvalue weighted by molar-refractivity contribution is 5.01. The normalized spacial score (nSPS) is 31.3. The van der Waals surface area contributed by atoms with E-state index in [4.69, 9.17) is 0 Å². The molecule has 1 aliphatic carbocycles. The fraction of sp³-hybridized carbons (Fsp3) is 1.00. The molecule has 0 N–H and O–H groups in total. The lowest BCUT2D eigenvalue weighted by atomic mass is 9.59. The summed E-state index contributed by atoms with van der Waals surface area (Å²) in [4.78, 5) is 8.44. The van der Waals surface area contributed by atoms with Crippen molar-refractivity contribution in [3.8, 4) is 0 Å². The second-order valence-corrected chi connectivity index (χ2v) is 15.7. The Balaban J connectivity index is 1.25. The number of likely N-dealkylation sites (tertiary alicyclic amines) is 2. The molecule has 0 aromatic carbocycles. The zero-order chi connectivity index (χ0) is 24.9. The van der Waals surface area contributed by atoms with Gasteiger partial charge in [0.05, 0.1) is 0 Å². The summed E-state index contributed by atoms with van der Waals surface area (Å²) in [6, 6.07) is 2.34. The summed E-state index contributed by atoms with van der Waals surface area (Å²) in [5.41, 5.74) is 1.83. The van der Waals surface area contributed by atoms with Gasteiger partial charge >= 0.3 is 0 Å². The molecule has 3 heterocycles. The summed E-state index contributed by atoms with van der Waals surface area (Å²) < 4.78 is 0. The van der Waals surface area contributed by atoms with Crippen molar-refractivity contribution in [2.45, 2.75) is 156 Å². The van der Waals surface area contributed by atoms with Crippen molar-refractivity contribution < 1.29 is 0 Å². The molecule has 0 aromatic rings. The average molecular weight is 474 g/mol. The van der Waals surface area contributed by atoms with Gasteiger partial charge in [0.15, 0.2) is 0 Å². The van der Waals surface area contributed by atoms with Gasteiger partial charge in [-0.05, 0) is 143 Å². The largest absolute Gasteiger partial charge is 0.298 e. The number of fused-ring (bicyclic) bond motifs is 2. The van der Waals surface area contributed by atoms with Crippen LogP contribution in [-0.4, -0.2) is 70.1 Å². The number of piperazine rings is 1. The van der Waals surface area contributed by atoms with Crippen LogP contribution in [0.25, 0.3) is 0 Å². The summed E-state index contributed by atoms with van der Waals surface area (Å²) in [5, 5.41) is 0. The number of hydrogen-bond donors (Lipinski definition) is 0. The zero-order valence-corrected chi connectivity index (χ0v) is 24.6. The van der Waals surface area contributed by atoms with Gasteiger partial charge in [-0.15, -0.1) is 0 Å². The minimum Gasteiger partial charge on any atom is -0.298 e. The molecule has 0 aromatic heterocycles. The van der Waals surface area contributed by atoms with E-state index in [-0.39, 0.29) is 0 Å². The second kappa shape index (κ2) is 9.64. The standard InChI is InChI=1S/C31H59N3/c1-24(34-26-10-11-27(34)23-33(22-26)29(5,6)7)12-15-30(8,9)25-13-16-31(17-14-25)18-20-32(21-19-31)28(2,3)4/h24-27H,10-23H2,1-9H3. The Kier molecular flexibility index (Phi) is 7.63. The molecule has 1 saturated carbocycles. The van der Waals surface area contributed by atoms with Crippen LogP contribution in [0.4, 0.5) is 0 Å². The first-order chi connectivity index (χ1) is 15.7. The van der Waals surface area contributed by atoms with Crippen molar-refractivity contribution in [3.63, 3.8) is 0 Å². The first-order valence-electron chi connectivity index (χ1n) is 15.0. The van der Waals surface area contributed by atoms with E-state index in [1.165, 1.54) is 90.4 Å². The van der Waals surface area contributed by atoms with E-state index in [9.17, 15) is 0 Å². The molecule has 3 aliphatic heterocycles. The Morgan fingerprint density at radius 3 is 1.68 bits per heavy atom. The number of rotatable bonds is 5. The molecule has 1 spiro atoms. The maximum absolute atomic E-state index is 2.96. The molecule has 4 aliphatic rings. The molecule has 3 heteroatoms. The lowest BCUT2D eigenvalue weighted by molar-refractivity contribution is -0.0159. The Labute approximate surface area is 213 Å². The van der Waals surface area contributed by atoms with E-state index in [1.807, 2.05) is 0 Å². The maximum atomic E-state index is 2.96. The molecule has 0 amide bonds. The van der Waals surface area contributed by atoms with Crippen molar-refractivity contribution in [1.82, 2.24) is 14.7 Å². The highest BCUT2D eigenvalue weighted by Crippen LogP contribution is 2.52. The van der Waals surface area contributed by atoms with Crippen LogP contribution >= 0.6 is 0 Å². The number of nitrogens with zero attached hydrogens (tertiary/aromatic N) is 3. The lowest BCUT2D eigenvalue weighted by Crippen LogP contribution is -2.60. The van der Waals surface area contributed by atoms with Crippen LogP contribution in [0.3, 0.4) is 0 Å². The van der Waals surface area contributed by atoms with Gasteiger partial charge in [-0.1, -0.05) is 13.8 Å². The summed E-state index contributed by atoms with van der Waals surface area (Å²) in [6.07, 6.45) is 14.5. The van der Waals surface area contributed by atoms with Gasteiger partial charge in [-0.3, -0.25) is 14.7 Å². The van der Waals surface area contributed by atoms with Gasteiger partial charge in [0.1, 0.15) is 0 Å². The highest BCUT2D eigenvalue weighted by atomic mass is 15.4. The van der Waals surface area contributed by atoms with E-state index in [2.05, 4.69) is 77.0 Å². The smallest absolute Gasteiger partial charge is 0.0230 e. The quantitative estimate of drug-likeness (QED) is 0.418. The minimum atomic E-state index is 0.319. The third-order valence-electron chi connectivity index (χ3n) is 11.1. The predicted molar refractivity (Wildman–Crippen MR) is 147 cm³/mol. The van der Waals surface area contributed by atoms with Gasteiger partial charge in [-0.2, -0.15) is 0 Å². The molecular weight excluding hydrogens is 414 g/mol. The summed E-state index contributed by atoms with van der Waals surface area (Å²) in [6.45, 7) is 27.3. The molecule has 3 unspecified atom stereocenters. The summed E-state index contributed by atoms with van der Waals surface area (Å²) in [5.74, 6) is 0.931. The Morgan fingerprint density at radius 1 is 0.706 bits per heavy atom. The summed E-state index contributed by atoms with van der Waals surface area (Å²) >= 11 is 0. The van der Waals surface area contributed by atoms with Crippen LogP contribution in [0.1, 0.15) is 127 Å². The van der Waals surface area contributed by atoms with Gasteiger partial charge in [0.2, 0.25) is 0 Å². The van der Waals surface area contributed by atoms with Crippen molar-refractivity contribution in [2.24, 2.45) is 16.7 Å². The van der Waals surface area contributed by atoms with Crippen molar-refractivity contribution in [2.75, 3.05) is 26.2 Å². The van der Waals surface area contributed by atoms with Crippen LogP contribution in [0, 0.1) is 16.7 Å². The molecule has 4 fully saturated rings. The van der Waals surface area contributed by atoms with Crippen LogP contribution in [0.5, 0.6) is 0 Å². The molecule has 198 valence electrons. The van der Waals surface area contributed by atoms with Gasteiger partial charge in [0.25, 0.3) is 0 Å². The third-order valence-corrected chi connectivity index (χ3v) is 11.1. The first kappa shape index (κ1) is 26.9. The number of hydrogen-bond acceptors (Lipinski definition) is 3. The van der Waals surface area contributed by atoms with Crippen molar-refractivity contribution >= 4 is 0 Å². The van der Waals surface area contributed by atoms with E-state index < -0.39 is 0 Å². The average Bonchev–Trinajstić information content (AvgIpc) is 3.00. The minimum absolute atomic E-state index is 0.319. The molecule has 4 rings (SSSR count).